The molecule has 6 heteroatoms. The molecule has 1 N–H and O–H groups in total. The molecular weight excluding hydrogens is 322 g/mol. The van der Waals surface area contributed by atoms with Gasteiger partial charge in [0, 0.05) is 25.5 Å². The number of Topliss-reactive ketones (excluding diaryl/α,β-unsaturated/α-hetero) is 1. The molecule has 0 radical (unpaired) electrons. The van der Waals surface area contributed by atoms with Gasteiger partial charge in [-0.15, -0.1) is 0 Å². The van der Waals surface area contributed by atoms with Gasteiger partial charge in [-0.05, 0) is 30.9 Å². The summed E-state index contributed by atoms with van der Waals surface area (Å²) >= 11 is 0. The third-order valence-electron chi connectivity index (χ3n) is 6.87. The highest BCUT2D eigenvalue weighted by molar-refractivity contribution is 5.90. The highest BCUT2D eigenvalue weighted by Gasteiger charge is 2.73. The summed E-state index contributed by atoms with van der Waals surface area (Å²) in [5.41, 5.74) is 0.0803. The first kappa shape index (κ1) is 15.2. The van der Waals surface area contributed by atoms with E-state index in [0.717, 1.165) is 11.1 Å². The molecule has 2 aliphatic carbocycles. The highest BCUT2D eigenvalue weighted by atomic mass is 16.5. The molecule has 0 aromatic heterocycles. The van der Waals surface area contributed by atoms with Crippen molar-refractivity contribution in [2.45, 2.75) is 55.8 Å². The molecule has 1 saturated carbocycles. The lowest BCUT2D eigenvalue weighted by molar-refractivity contribution is -0.191. The van der Waals surface area contributed by atoms with Crippen LogP contribution in [-0.4, -0.2) is 53.1 Å². The molecular formula is C19H21NO5. The number of carbonyl (C=O) groups excluding carboxylic acids is 2. The van der Waals surface area contributed by atoms with Crippen LogP contribution < -0.4 is 9.47 Å². The Morgan fingerprint density at radius 2 is 2.20 bits per heavy atom. The van der Waals surface area contributed by atoms with Gasteiger partial charge in [-0.2, -0.15) is 0 Å². The third-order valence-corrected chi connectivity index (χ3v) is 6.87. The van der Waals surface area contributed by atoms with Gasteiger partial charge >= 0.3 is 0 Å². The molecule has 1 saturated heterocycles. The predicted octanol–water partition coefficient (Wildman–Crippen LogP) is 0.965. The zero-order valence-corrected chi connectivity index (χ0v) is 14.4. The molecule has 1 spiro atoms. The molecule has 4 aliphatic rings. The lowest BCUT2D eigenvalue weighted by atomic mass is 9.49. The Labute approximate surface area is 145 Å². The topological polar surface area (TPSA) is 76.1 Å². The van der Waals surface area contributed by atoms with E-state index in [-0.39, 0.29) is 24.2 Å². The Morgan fingerprint density at radius 3 is 2.92 bits per heavy atom. The monoisotopic (exact) mass is 343 g/mol. The van der Waals surface area contributed by atoms with Crippen molar-refractivity contribution >= 4 is 11.7 Å². The highest BCUT2D eigenvalue weighted by Crippen LogP contribution is 2.64. The average Bonchev–Trinajstić information content (AvgIpc) is 2.92. The maximum atomic E-state index is 12.7. The van der Waals surface area contributed by atoms with Crippen molar-refractivity contribution in [1.82, 2.24) is 4.90 Å². The molecule has 2 unspecified atom stereocenters. The van der Waals surface area contributed by atoms with Crippen LogP contribution in [-0.2, 0) is 21.4 Å². The van der Waals surface area contributed by atoms with Crippen LogP contribution in [0.3, 0.4) is 0 Å². The number of benzene rings is 1. The van der Waals surface area contributed by atoms with Gasteiger partial charge < -0.3 is 19.5 Å². The molecule has 6 nitrogen and oxygen atoms in total. The number of nitrogens with zero attached hydrogens (tertiary/aromatic N) is 1. The van der Waals surface area contributed by atoms with Gasteiger partial charge in [0.15, 0.2) is 23.4 Å². The standard InChI is InChI=1S/C19H21NO5/c1-10(21)20-8-7-18-15-11-3-4-13(24-2)16(15)25-17(18)12(22)5-6-19(18,23)14(20)9-11/h3-4,14,17,23H,5-9H2,1-2H3/t14?,17?,18-,19+/m1/s1. The Kier molecular flexibility index (Phi) is 2.77. The summed E-state index contributed by atoms with van der Waals surface area (Å²) in [6, 6.07) is 3.52. The van der Waals surface area contributed by atoms with Gasteiger partial charge in [0.2, 0.25) is 5.91 Å². The maximum Gasteiger partial charge on any atom is 0.219 e. The number of likely N-dealkylation sites (tertiary alicyclic amines) is 1. The summed E-state index contributed by atoms with van der Waals surface area (Å²) in [4.78, 5) is 26.7. The van der Waals surface area contributed by atoms with Crippen LogP contribution in [0, 0.1) is 0 Å². The number of aliphatic hydroxyl groups is 1. The van der Waals surface area contributed by atoms with Crippen LogP contribution in [0.15, 0.2) is 12.1 Å². The zero-order chi connectivity index (χ0) is 17.6. The Morgan fingerprint density at radius 1 is 1.40 bits per heavy atom. The van der Waals surface area contributed by atoms with Crippen LogP contribution in [0.1, 0.15) is 37.3 Å². The van der Waals surface area contributed by atoms with Crippen molar-refractivity contribution < 1.29 is 24.2 Å². The second-order valence-corrected chi connectivity index (χ2v) is 7.67. The van der Waals surface area contributed by atoms with E-state index in [9.17, 15) is 14.7 Å². The SMILES string of the molecule is COc1ccc2c3c1OC1C(=O)CC[C@]4(O)C(C2)N(C(C)=O)CC[C@@]314. The first-order valence-electron chi connectivity index (χ1n) is 8.83. The Hall–Kier alpha value is -2.08. The fourth-order valence-corrected chi connectivity index (χ4v) is 5.85. The van der Waals surface area contributed by atoms with Gasteiger partial charge in [-0.1, -0.05) is 6.07 Å². The summed E-state index contributed by atoms with van der Waals surface area (Å²) in [6.07, 6.45) is 1.07. The number of rotatable bonds is 1. The van der Waals surface area contributed by atoms with Gasteiger partial charge in [0.05, 0.1) is 24.2 Å². The second kappa shape index (κ2) is 4.55. The summed E-state index contributed by atoms with van der Waals surface area (Å²) in [5.74, 6) is 1.21. The maximum absolute atomic E-state index is 12.7. The molecule has 1 amide bonds. The number of hydrogen-bond acceptors (Lipinski definition) is 5. The Bertz CT molecular complexity index is 820. The van der Waals surface area contributed by atoms with Gasteiger partial charge in [-0.25, -0.2) is 0 Å². The van der Waals surface area contributed by atoms with Gasteiger partial charge in [0.1, 0.15) is 0 Å². The molecule has 1 aromatic carbocycles. The largest absolute Gasteiger partial charge is 0.493 e. The van der Waals surface area contributed by atoms with Crippen molar-refractivity contribution in [3.63, 3.8) is 0 Å². The van der Waals surface area contributed by atoms with Crippen LogP contribution in [0.2, 0.25) is 0 Å². The summed E-state index contributed by atoms with van der Waals surface area (Å²) < 4.78 is 11.6. The quantitative estimate of drug-likeness (QED) is 0.822. The molecule has 2 heterocycles. The zero-order valence-electron chi connectivity index (χ0n) is 14.4. The molecule has 2 aliphatic heterocycles. The minimum Gasteiger partial charge on any atom is -0.493 e. The van der Waals surface area contributed by atoms with E-state index in [1.807, 2.05) is 12.1 Å². The van der Waals surface area contributed by atoms with E-state index in [2.05, 4.69) is 0 Å². The lowest BCUT2D eigenvalue weighted by Crippen LogP contribution is -2.77. The van der Waals surface area contributed by atoms with Crippen molar-refractivity contribution in [2.24, 2.45) is 0 Å². The summed E-state index contributed by atoms with van der Waals surface area (Å²) in [5, 5.41) is 11.8. The number of ketones is 1. The van der Waals surface area contributed by atoms with Gasteiger partial charge in [-0.3, -0.25) is 9.59 Å². The molecule has 25 heavy (non-hydrogen) atoms. The van der Waals surface area contributed by atoms with E-state index in [1.54, 1.807) is 18.9 Å². The molecule has 2 bridgehead atoms. The normalized spacial score (nSPS) is 37.4. The minimum absolute atomic E-state index is 0.0298. The molecule has 132 valence electrons. The first-order chi connectivity index (χ1) is 11.9. The molecule has 4 atom stereocenters. The fraction of sp³-hybridized carbons (Fsp3) is 0.579. The number of ether oxygens (including phenoxy) is 2. The number of piperidine rings is 1. The number of methoxy groups -OCH3 is 1. The Balaban J connectivity index is 1.82. The van der Waals surface area contributed by atoms with Crippen molar-refractivity contribution in [2.75, 3.05) is 13.7 Å². The number of carbonyl (C=O) groups is 2. The number of amides is 1. The van der Waals surface area contributed by atoms with E-state index in [4.69, 9.17) is 9.47 Å². The molecule has 1 aromatic rings. The second-order valence-electron chi connectivity index (χ2n) is 7.67. The first-order valence-corrected chi connectivity index (χ1v) is 8.83. The smallest absolute Gasteiger partial charge is 0.219 e. The van der Waals surface area contributed by atoms with Crippen LogP contribution >= 0.6 is 0 Å². The summed E-state index contributed by atoms with van der Waals surface area (Å²) in [7, 11) is 1.58. The van der Waals surface area contributed by atoms with Gasteiger partial charge in [0.25, 0.3) is 0 Å². The summed E-state index contributed by atoms with van der Waals surface area (Å²) in [6.45, 7) is 2.08. The van der Waals surface area contributed by atoms with Crippen molar-refractivity contribution in [3.8, 4) is 11.5 Å². The van der Waals surface area contributed by atoms with Crippen molar-refractivity contribution in [1.29, 1.82) is 0 Å². The average molecular weight is 343 g/mol. The van der Waals surface area contributed by atoms with Crippen LogP contribution in [0.5, 0.6) is 11.5 Å². The fourth-order valence-electron chi connectivity index (χ4n) is 5.85. The van der Waals surface area contributed by atoms with Crippen molar-refractivity contribution in [3.05, 3.63) is 23.3 Å². The number of hydrogen-bond donors (Lipinski definition) is 1. The van der Waals surface area contributed by atoms with E-state index in [0.29, 0.717) is 37.3 Å². The van der Waals surface area contributed by atoms with E-state index >= 15 is 0 Å². The molecule has 5 rings (SSSR count). The van der Waals surface area contributed by atoms with E-state index in [1.165, 1.54) is 0 Å². The minimum atomic E-state index is -1.14. The lowest BCUT2D eigenvalue weighted by Gasteiger charge is -2.62. The predicted molar refractivity (Wildman–Crippen MR) is 87.8 cm³/mol. The van der Waals surface area contributed by atoms with Crippen LogP contribution in [0.4, 0.5) is 0 Å². The third kappa shape index (κ3) is 1.51. The van der Waals surface area contributed by atoms with Crippen LogP contribution in [0.25, 0.3) is 0 Å². The molecule has 2 fully saturated rings. The van der Waals surface area contributed by atoms with E-state index < -0.39 is 17.1 Å².